The van der Waals surface area contributed by atoms with Crippen molar-refractivity contribution in [3.05, 3.63) is 281 Å². The van der Waals surface area contributed by atoms with Gasteiger partial charge in [-0.1, -0.05) is 224 Å². The normalized spacial score (nSPS) is 22.2. The van der Waals surface area contributed by atoms with E-state index in [1.807, 2.05) is 237 Å². The number of likely N-dealkylation sites (N-methyl/N-ethyl adjacent to an activating group) is 1. The van der Waals surface area contributed by atoms with Crippen molar-refractivity contribution in [3.8, 4) is 5.75 Å². The fraction of sp³-hybridized carbons (Fsp3) is 0.319. The Morgan fingerprint density at radius 1 is 0.414 bits per heavy atom. The second-order valence-corrected chi connectivity index (χ2v) is 21.5. The molecule has 0 aromatic heterocycles. The first-order chi connectivity index (χ1) is 42.9. The van der Waals surface area contributed by atoms with Crippen molar-refractivity contribution in [2.45, 2.75) is 120 Å². The third-order valence-corrected chi connectivity index (χ3v) is 15.4. The molecule has 1 N–H and O–H groups in total. The molecule has 15 nitrogen and oxygen atoms in total. The van der Waals surface area contributed by atoms with Crippen LogP contribution in [-0.2, 0) is 105 Å². The van der Waals surface area contributed by atoms with Crippen LogP contribution in [0.3, 0.4) is 0 Å². The van der Waals surface area contributed by atoms with E-state index in [0.29, 0.717) is 5.75 Å². The number of carbonyl (C=O) groups excluding carboxylic acids is 1. The Hall–Kier alpha value is -7.61. The Bertz CT molecular complexity index is 3190. The van der Waals surface area contributed by atoms with E-state index in [1.54, 1.807) is 14.2 Å². The van der Waals surface area contributed by atoms with Gasteiger partial charge in [-0.25, -0.2) is 4.79 Å². The Labute approximate surface area is 510 Å². The van der Waals surface area contributed by atoms with E-state index in [0.717, 1.165) is 44.5 Å². The molecule has 2 fully saturated rings. The van der Waals surface area contributed by atoms with Crippen LogP contribution in [0.15, 0.2) is 237 Å². The predicted molar refractivity (Wildman–Crippen MR) is 326 cm³/mol. The van der Waals surface area contributed by atoms with Gasteiger partial charge in [0.25, 0.3) is 0 Å². The van der Waals surface area contributed by atoms with E-state index >= 15 is 0 Å². The maximum absolute atomic E-state index is 14.6. The Kier molecular flexibility index (Phi) is 23.6. The zero-order chi connectivity index (χ0) is 59.8. The molecule has 0 unspecified atom stereocenters. The van der Waals surface area contributed by atoms with Crippen LogP contribution < -0.4 is 4.74 Å². The first-order valence-corrected chi connectivity index (χ1v) is 29.5. The quantitative estimate of drug-likeness (QED) is 0.0455. The van der Waals surface area contributed by atoms with Crippen molar-refractivity contribution >= 4 is 6.09 Å². The van der Waals surface area contributed by atoms with Crippen LogP contribution in [-0.4, -0.2) is 111 Å². The highest BCUT2D eigenvalue weighted by Gasteiger charge is 2.56. The molecule has 0 aliphatic carbocycles. The molecule has 2 heterocycles. The Morgan fingerprint density at radius 2 is 0.782 bits per heavy atom. The highest BCUT2D eigenvalue weighted by molar-refractivity contribution is 5.68. The average Bonchev–Trinajstić information content (AvgIpc) is 1.34. The molecule has 87 heavy (non-hydrogen) atoms. The summed E-state index contributed by atoms with van der Waals surface area (Å²) in [6, 6.07) is 75.0. The van der Waals surface area contributed by atoms with Gasteiger partial charge in [0.2, 0.25) is 0 Å². The third kappa shape index (κ3) is 18.0. The molecule has 1 amide bonds. The lowest BCUT2D eigenvalue weighted by Crippen LogP contribution is -2.68. The van der Waals surface area contributed by atoms with Crippen molar-refractivity contribution in [1.82, 2.24) is 4.90 Å². The van der Waals surface area contributed by atoms with Gasteiger partial charge in [0.15, 0.2) is 12.6 Å². The number of rotatable bonds is 30. The first-order valence-electron chi connectivity index (χ1n) is 29.5. The number of aliphatic hydroxyl groups excluding tert-OH is 1. The van der Waals surface area contributed by atoms with Gasteiger partial charge in [0, 0.05) is 7.05 Å². The van der Waals surface area contributed by atoms with Gasteiger partial charge in [-0.05, 0) is 56.6 Å². The van der Waals surface area contributed by atoms with E-state index in [4.69, 9.17) is 56.8 Å². The minimum atomic E-state index is -1.32. The summed E-state index contributed by atoms with van der Waals surface area (Å²) >= 11 is 0. The van der Waals surface area contributed by atoms with Gasteiger partial charge in [-0.3, -0.25) is 0 Å². The van der Waals surface area contributed by atoms with Crippen molar-refractivity contribution in [3.63, 3.8) is 0 Å². The molecule has 0 saturated carbocycles. The van der Waals surface area contributed by atoms with Crippen LogP contribution >= 0.6 is 0 Å². The molecular formula is C72H77NO14. The topological polar surface area (TPSA) is 151 Å². The smallest absolute Gasteiger partial charge is 0.410 e. The lowest BCUT2D eigenvalue weighted by atomic mass is 9.92. The Balaban J connectivity index is 1.08. The molecule has 10 rings (SSSR count). The molecule has 2 saturated heterocycles. The second-order valence-electron chi connectivity index (χ2n) is 21.5. The number of carbonyl (C=O) groups is 1. The standard InChI is InChI=1S/C72H77NO14/c1-73(72(75)84-50-58-36-22-9-23-37-58)61(51-77-43-52-24-10-3-11-25-52)63-65(79-45-54-28-14-5-15-29-54)67(81-47-56-32-18-7-19-33-56)69(70(86-63)83-49-57-34-20-8-21-35-57)87-71-68(82-48-59-38-40-60(76-2)41-39-59)66(80-46-55-30-16-6-17-31-55)64(62(42-74)85-71)78-44-53-26-12-4-13-27-53/h3-41,61-71,74H,42-51H2,1-2H3/t61-,62-,63-,64-,65-,66+,67+,68+,69-,70+,71-/m1/s1. The fourth-order valence-corrected chi connectivity index (χ4v) is 10.6. The minimum Gasteiger partial charge on any atom is -0.497 e. The SMILES string of the molecule is COc1ccc(CO[C@@H]2[C@@H](O[C@H]3[C@@H](OCc4ccccc4)O[C@H]([C@@H](COCc4ccccc4)N(C)C(=O)OCc4ccccc4)[C@@H](OCc4ccccc4)[C@@H]3OCc3ccccc3)O[C@H](CO)[C@@H](OCc3ccccc3)[C@@H]2OCc2ccccc2)cc1. The van der Waals surface area contributed by atoms with Crippen molar-refractivity contribution < 1.29 is 66.7 Å². The second kappa shape index (κ2) is 32.9. The number of benzene rings is 8. The van der Waals surface area contributed by atoms with E-state index < -0.39 is 80.2 Å². The van der Waals surface area contributed by atoms with Crippen LogP contribution in [0.1, 0.15) is 44.5 Å². The van der Waals surface area contributed by atoms with E-state index in [-0.39, 0.29) is 59.5 Å². The highest BCUT2D eigenvalue weighted by atomic mass is 16.8. The van der Waals surface area contributed by atoms with Gasteiger partial charge in [0.1, 0.15) is 61.2 Å². The van der Waals surface area contributed by atoms with E-state index in [1.165, 1.54) is 4.90 Å². The summed E-state index contributed by atoms with van der Waals surface area (Å²) in [5.41, 5.74) is 7.00. The number of hydrogen-bond acceptors (Lipinski definition) is 14. The number of hydrogen-bond donors (Lipinski definition) is 1. The zero-order valence-electron chi connectivity index (χ0n) is 49.1. The third-order valence-electron chi connectivity index (χ3n) is 15.4. The summed E-state index contributed by atoms with van der Waals surface area (Å²) in [5.74, 6) is 0.688. The molecule has 0 spiro atoms. The molecule has 8 aromatic rings. The van der Waals surface area contributed by atoms with Gasteiger partial charge < -0.3 is 66.8 Å². The minimum absolute atomic E-state index is 0.0226. The lowest BCUT2D eigenvalue weighted by Gasteiger charge is -2.51. The molecule has 11 atom stereocenters. The number of nitrogens with zero attached hydrogens (tertiary/aromatic N) is 1. The van der Waals surface area contributed by atoms with Crippen LogP contribution in [0.4, 0.5) is 4.79 Å². The molecule has 8 aromatic carbocycles. The van der Waals surface area contributed by atoms with Crippen molar-refractivity contribution in [2.75, 3.05) is 27.4 Å². The number of aliphatic hydroxyl groups is 1. The van der Waals surface area contributed by atoms with E-state index in [9.17, 15) is 9.90 Å². The number of ether oxygens (including phenoxy) is 12. The van der Waals surface area contributed by atoms with Crippen LogP contribution in [0.25, 0.3) is 0 Å². The van der Waals surface area contributed by atoms with Crippen LogP contribution in [0.2, 0.25) is 0 Å². The summed E-state index contributed by atoms with van der Waals surface area (Å²) in [7, 11) is 3.29. The fourth-order valence-electron chi connectivity index (χ4n) is 10.6. The summed E-state index contributed by atoms with van der Waals surface area (Å²) in [6.45, 7) is 0.457. The summed E-state index contributed by atoms with van der Waals surface area (Å²) in [4.78, 5) is 16.1. The first kappa shape index (κ1) is 62.4. The number of amides is 1. The summed E-state index contributed by atoms with van der Waals surface area (Å²) < 4.78 is 82.6. The van der Waals surface area contributed by atoms with Gasteiger partial charge in [-0.15, -0.1) is 0 Å². The van der Waals surface area contributed by atoms with E-state index in [2.05, 4.69) is 0 Å². The number of methoxy groups -OCH3 is 1. The molecular weight excluding hydrogens is 1100 g/mol. The van der Waals surface area contributed by atoms with Gasteiger partial charge in [-0.2, -0.15) is 0 Å². The van der Waals surface area contributed by atoms with Crippen molar-refractivity contribution in [2.24, 2.45) is 0 Å². The largest absolute Gasteiger partial charge is 0.497 e. The molecule has 0 bridgehead atoms. The van der Waals surface area contributed by atoms with Gasteiger partial charge >= 0.3 is 6.09 Å². The lowest BCUT2D eigenvalue weighted by molar-refractivity contribution is -0.385. The highest BCUT2D eigenvalue weighted by Crippen LogP contribution is 2.38. The molecule has 454 valence electrons. The summed E-state index contributed by atoms with van der Waals surface area (Å²) in [6.07, 6.45) is -11.4. The van der Waals surface area contributed by atoms with Gasteiger partial charge in [0.05, 0.1) is 72.6 Å². The maximum Gasteiger partial charge on any atom is 0.410 e. The maximum atomic E-state index is 14.6. The predicted octanol–water partition coefficient (Wildman–Crippen LogP) is 11.8. The summed E-state index contributed by atoms with van der Waals surface area (Å²) in [5, 5.41) is 11.5. The zero-order valence-corrected chi connectivity index (χ0v) is 49.1. The monoisotopic (exact) mass is 1180 g/mol. The molecule has 2 aliphatic rings. The molecule has 15 heteroatoms. The Morgan fingerprint density at radius 3 is 1.22 bits per heavy atom. The van der Waals surface area contributed by atoms with Crippen LogP contribution in [0, 0.1) is 0 Å². The van der Waals surface area contributed by atoms with Crippen LogP contribution in [0.5, 0.6) is 5.75 Å². The van der Waals surface area contributed by atoms with Crippen molar-refractivity contribution in [1.29, 1.82) is 0 Å². The molecule has 2 aliphatic heterocycles. The average molecular weight is 1180 g/mol. The molecule has 0 radical (unpaired) electrons.